The lowest BCUT2D eigenvalue weighted by atomic mass is 10.0. The van der Waals surface area contributed by atoms with Crippen LogP contribution in [0.4, 0.5) is 4.39 Å². The first-order valence-corrected chi connectivity index (χ1v) is 4.00. The summed E-state index contributed by atoms with van der Waals surface area (Å²) < 4.78 is 17.0. The van der Waals surface area contributed by atoms with Gasteiger partial charge in [0.2, 0.25) is 0 Å². The topological polar surface area (TPSA) is 78.3 Å². The minimum Gasteiger partial charge on any atom is -0.464 e. The number of esters is 1. The molecular weight excluding hydrogens is 175 g/mol. The van der Waals surface area contributed by atoms with Gasteiger partial charge in [0.15, 0.2) is 5.54 Å². The van der Waals surface area contributed by atoms with Gasteiger partial charge >= 0.3 is 5.97 Å². The summed E-state index contributed by atoms with van der Waals surface area (Å²) in [6.07, 6.45) is 2.65. The Bertz CT molecular complexity index is 197. The monoisotopic (exact) mass is 190 g/mol. The molecular formula is C8H15FN2O2. The first kappa shape index (κ1) is 12.1. The van der Waals surface area contributed by atoms with Crippen LogP contribution in [-0.4, -0.2) is 31.3 Å². The number of carbonyl (C=O) groups is 1. The zero-order chi connectivity index (χ0) is 10.3. The van der Waals surface area contributed by atoms with Crippen molar-refractivity contribution < 1.29 is 13.9 Å². The van der Waals surface area contributed by atoms with Crippen molar-refractivity contribution >= 4 is 5.97 Å². The molecule has 0 aromatic heterocycles. The maximum Gasteiger partial charge on any atom is 0.332 e. The van der Waals surface area contributed by atoms with E-state index in [1.165, 1.54) is 12.2 Å². The molecule has 1 atom stereocenters. The Labute approximate surface area is 76.7 Å². The second kappa shape index (κ2) is 5.66. The highest BCUT2D eigenvalue weighted by molar-refractivity contribution is 5.83. The van der Waals surface area contributed by atoms with Gasteiger partial charge in [-0.15, -0.1) is 0 Å². The standard InChI is InChI=1S/C8H15FN2O2/c1-2-13-7(12)8(11,6-9)4-3-5-10/h3-4H,2,5-6,10-11H2,1H3. The molecule has 4 nitrogen and oxygen atoms in total. The van der Waals surface area contributed by atoms with E-state index in [1.807, 2.05) is 0 Å². The highest BCUT2D eigenvalue weighted by Gasteiger charge is 2.32. The summed E-state index contributed by atoms with van der Waals surface area (Å²) in [5.74, 6) is -0.776. The Balaban J connectivity index is 4.42. The third-order valence-corrected chi connectivity index (χ3v) is 1.43. The van der Waals surface area contributed by atoms with E-state index in [9.17, 15) is 9.18 Å². The van der Waals surface area contributed by atoms with Crippen LogP contribution in [0, 0.1) is 0 Å². The van der Waals surface area contributed by atoms with Gasteiger partial charge in [-0.05, 0) is 6.92 Å². The van der Waals surface area contributed by atoms with Crippen LogP contribution in [0.3, 0.4) is 0 Å². The number of nitrogens with two attached hydrogens (primary N) is 2. The lowest BCUT2D eigenvalue weighted by Gasteiger charge is -2.19. The van der Waals surface area contributed by atoms with E-state index in [0.717, 1.165) is 0 Å². The molecule has 0 fully saturated rings. The highest BCUT2D eigenvalue weighted by atomic mass is 19.1. The number of ether oxygens (including phenoxy) is 1. The van der Waals surface area contributed by atoms with Gasteiger partial charge in [0.05, 0.1) is 6.61 Å². The van der Waals surface area contributed by atoms with E-state index in [4.69, 9.17) is 11.5 Å². The molecule has 13 heavy (non-hydrogen) atoms. The maximum absolute atomic E-state index is 12.4. The van der Waals surface area contributed by atoms with Crippen LogP contribution in [0.2, 0.25) is 0 Å². The smallest absolute Gasteiger partial charge is 0.332 e. The second-order valence-electron chi connectivity index (χ2n) is 2.53. The van der Waals surface area contributed by atoms with E-state index < -0.39 is 18.2 Å². The molecule has 0 aromatic carbocycles. The quantitative estimate of drug-likeness (QED) is 0.462. The molecule has 5 heteroatoms. The van der Waals surface area contributed by atoms with Gasteiger partial charge in [-0.1, -0.05) is 12.2 Å². The molecule has 0 radical (unpaired) electrons. The molecule has 0 aliphatic carbocycles. The van der Waals surface area contributed by atoms with Crippen LogP contribution < -0.4 is 11.5 Å². The zero-order valence-corrected chi connectivity index (χ0v) is 7.63. The molecule has 0 amide bonds. The number of halogens is 1. The van der Waals surface area contributed by atoms with Crippen molar-refractivity contribution in [3.05, 3.63) is 12.2 Å². The summed E-state index contributed by atoms with van der Waals surface area (Å²) in [6.45, 7) is 1.01. The molecule has 1 unspecified atom stereocenters. The predicted octanol–water partition coefficient (Wildman–Crippen LogP) is -0.269. The Morgan fingerprint density at radius 3 is 2.69 bits per heavy atom. The fourth-order valence-electron chi connectivity index (χ4n) is 0.711. The molecule has 0 aromatic rings. The van der Waals surface area contributed by atoms with Gasteiger partial charge in [0.1, 0.15) is 6.67 Å². The number of hydrogen-bond donors (Lipinski definition) is 2. The minimum atomic E-state index is -1.69. The summed E-state index contributed by atoms with van der Waals surface area (Å²) in [7, 11) is 0. The normalized spacial score (nSPS) is 15.7. The third-order valence-electron chi connectivity index (χ3n) is 1.43. The Morgan fingerprint density at radius 2 is 2.31 bits per heavy atom. The van der Waals surface area contributed by atoms with Gasteiger partial charge in [-0.2, -0.15) is 0 Å². The third kappa shape index (κ3) is 3.52. The van der Waals surface area contributed by atoms with Crippen LogP contribution in [0.15, 0.2) is 12.2 Å². The largest absolute Gasteiger partial charge is 0.464 e. The lowest BCUT2D eigenvalue weighted by Crippen LogP contribution is -2.49. The summed E-state index contributed by atoms with van der Waals surface area (Å²) in [5.41, 5.74) is 8.88. The molecule has 0 spiro atoms. The van der Waals surface area contributed by atoms with Crippen LogP contribution in [0.5, 0.6) is 0 Å². The van der Waals surface area contributed by atoms with Crippen LogP contribution in [0.1, 0.15) is 6.92 Å². The highest BCUT2D eigenvalue weighted by Crippen LogP contribution is 2.06. The molecule has 4 N–H and O–H groups in total. The fourth-order valence-corrected chi connectivity index (χ4v) is 0.711. The minimum absolute atomic E-state index is 0.175. The van der Waals surface area contributed by atoms with Gasteiger partial charge in [-0.25, -0.2) is 9.18 Å². The molecule has 76 valence electrons. The van der Waals surface area contributed by atoms with Crippen molar-refractivity contribution in [3.63, 3.8) is 0 Å². The van der Waals surface area contributed by atoms with Crippen LogP contribution >= 0.6 is 0 Å². The average molecular weight is 190 g/mol. The first-order valence-electron chi connectivity index (χ1n) is 4.00. The Hall–Kier alpha value is -0.940. The summed E-state index contributed by atoms with van der Waals surface area (Å²) in [4.78, 5) is 11.1. The van der Waals surface area contributed by atoms with Crippen molar-refractivity contribution in [1.29, 1.82) is 0 Å². The van der Waals surface area contributed by atoms with Gasteiger partial charge in [0, 0.05) is 6.54 Å². The fraction of sp³-hybridized carbons (Fsp3) is 0.625. The number of hydrogen-bond acceptors (Lipinski definition) is 4. The number of rotatable bonds is 5. The van der Waals surface area contributed by atoms with Crippen LogP contribution in [-0.2, 0) is 9.53 Å². The van der Waals surface area contributed by atoms with Crippen molar-refractivity contribution in [2.45, 2.75) is 12.5 Å². The molecule has 0 rings (SSSR count). The van der Waals surface area contributed by atoms with E-state index in [2.05, 4.69) is 4.74 Å². The predicted molar refractivity (Wildman–Crippen MR) is 47.7 cm³/mol. The zero-order valence-electron chi connectivity index (χ0n) is 7.63. The van der Waals surface area contributed by atoms with Crippen molar-refractivity contribution in [1.82, 2.24) is 0 Å². The molecule has 0 heterocycles. The first-order chi connectivity index (χ1) is 6.10. The molecule has 0 aliphatic heterocycles. The SMILES string of the molecule is CCOC(=O)C(N)(C=CCN)CF. The average Bonchev–Trinajstić information content (AvgIpc) is 2.14. The van der Waals surface area contributed by atoms with E-state index in [1.54, 1.807) is 6.92 Å². The van der Waals surface area contributed by atoms with Crippen molar-refractivity contribution in [2.75, 3.05) is 19.8 Å². The number of carbonyl (C=O) groups excluding carboxylic acids is 1. The molecule has 0 saturated carbocycles. The molecule has 0 saturated heterocycles. The molecule has 0 bridgehead atoms. The summed E-state index contributed by atoms with van der Waals surface area (Å²) >= 11 is 0. The lowest BCUT2D eigenvalue weighted by molar-refractivity contribution is -0.148. The van der Waals surface area contributed by atoms with Gasteiger partial charge in [-0.3, -0.25) is 0 Å². The van der Waals surface area contributed by atoms with E-state index in [-0.39, 0.29) is 13.2 Å². The van der Waals surface area contributed by atoms with Crippen LogP contribution in [0.25, 0.3) is 0 Å². The second-order valence-corrected chi connectivity index (χ2v) is 2.53. The van der Waals surface area contributed by atoms with E-state index in [0.29, 0.717) is 0 Å². The Kier molecular flexibility index (Phi) is 5.25. The maximum atomic E-state index is 12.4. The summed E-state index contributed by atoms with van der Waals surface area (Å²) in [6, 6.07) is 0. The van der Waals surface area contributed by atoms with Gasteiger partial charge in [0.25, 0.3) is 0 Å². The van der Waals surface area contributed by atoms with Crippen molar-refractivity contribution in [3.8, 4) is 0 Å². The summed E-state index contributed by atoms with van der Waals surface area (Å²) in [5, 5.41) is 0. The van der Waals surface area contributed by atoms with E-state index >= 15 is 0 Å². The van der Waals surface area contributed by atoms with Crippen molar-refractivity contribution in [2.24, 2.45) is 11.5 Å². The number of alkyl halides is 1. The molecule has 0 aliphatic rings. The van der Waals surface area contributed by atoms with Gasteiger partial charge < -0.3 is 16.2 Å². The Morgan fingerprint density at radius 1 is 1.69 bits per heavy atom.